The molecule has 0 saturated carbocycles. The molecule has 2 amide bonds. The van der Waals surface area contributed by atoms with Gasteiger partial charge in [0.2, 0.25) is 5.91 Å². The highest BCUT2D eigenvalue weighted by atomic mass is 16.2. The van der Waals surface area contributed by atoms with Gasteiger partial charge in [-0.2, -0.15) is 0 Å². The van der Waals surface area contributed by atoms with E-state index >= 15 is 0 Å². The number of likely N-dealkylation sites (tertiary alicyclic amines) is 1. The molecule has 3 rings (SSSR count). The summed E-state index contributed by atoms with van der Waals surface area (Å²) in [6.45, 7) is 3.45. The van der Waals surface area contributed by atoms with Crippen LogP contribution in [-0.4, -0.2) is 35.8 Å². The van der Waals surface area contributed by atoms with Gasteiger partial charge in [-0.15, -0.1) is 0 Å². The molecule has 1 saturated heterocycles. The third-order valence-electron chi connectivity index (χ3n) is 4.87. The van der Waals surface area contributed by atoms with Gasteiger partial charge in [-0.25, -0.2) is 0 Å². The largest absolute Gasteiger partial charge is 0.334 e. The quantitative estimate of drug-likeness (QED) is 0.874. The van der Waals surface area contributed by atoms with Crippen LogP contribution in [0.4, 0.5) is 5.69 Å². The fourth-order valence-electron chi connectivity index (χ4n) is 3.54. The number of fused-ring (bicyclic) bond motifs is 1. The minimum atomic E-state index is 0.0413. The van der Waals surface area contributed by atoms with Crippen molar-refractivity contribution in [2.75, 3.05) is 18.4 Å². The standard InChI is InChI=1S/C17H23N3O2/c1-11-3-2-8-20(15(11)10-18)17(22)13-4-6-14-12(9-13)5-7-16(21)19-14/h4,6,9,11,15H,2-3,5,7-8,10,18H2,1H3,(H,19,21)/t11-,15-/m1/s1. The normalized spacial score (nSPS) is 24.6. The molecule has 0 bridgehead atoms. The highest BCUT2D eigenvalue weighted by Crippen LogP contribution is 2.27. The fourth-order valence-corrected chi connectivity index (χ4v) is 3.54. The van der Waals surface area contributed by atoms with Gasteiger partial charge in [0, 0.05) is 36.8 Å². The molecular weight excluding hydrogens is 278 g/mol. The molecule has 1 fully saturated rings. The summed E-state index contributed by atoms with van der Waals surface area (Å²) >= 11 is 0. The number of carbonyl (C=O) groups excluding carboxylic acids is 2. The molecule has 2 atom stereocenters. The number of amides is 2. The molecule has 2 heterocycles. The molecule has 0 aromatic heterocycles. The van der Waals surface area contributed by atoms with Gasteiger partial charge >= 0.3 is 0 Å². The van der Waals surface area contributed by atoms with Gasteiger partial charge in [-0.1, -0.05) is 6.92 Å². The Bertz CT molecular complexity index is 600. The van der Waals surface area contributed by atoms with Crippen LogP contribution in [0.1, 0.15) is 42.1 Å². The summed E-state index contributed by atoms with van der Waals surface area (Å²) < 4.78 is 0. The van der Waals surface area contributed by atoms with Crippen molar-refractivity contribution in [2.24, 2.45) is 11.7 Å². The molecule has 2 aliphatic rings. The Morgan fingerprint density at radius 1 is 1.41 bits per heavy atom. The average molecular weight is 301 g/mol. The zero-order chi connectivity index (χ0) is 15.7. The van der Waals surface area contributed by atoms with Crippen LogP contribution in [0.2, 0.25) is 0 Å². The fraction of sp³-hybridized carbons (Fsp3) is 0.529. The average Bonchev–Trinajstić information content (AvgIpc) is 2.53. The Balaban J connectivity index is 1.84. The molecule has 2 aliphatic heterocycles. The lowest BCUT2D eigenvalue weighted by atomic mass is 9.90. The Labute approximate surface area is 130 Å². The third kappa shape index (κ3) is 2.73. The molecule has 1 aromatic carbocycles. The van der Waals surface area contributed by atoms with Crippen molar-refractivity contribution in [2.45, 2.75) is 38.6 Å². The Morgan fingerprint density at radius 3 is 3.00 bits per heavy atom. The lowest BCUT2D eigenvalue weighted by Crippen LogP contribution is -2.51. The van der Waals surface area contributed by atoms with Gasteiger partial charge in [0.25, 0.3) is 5.91 Å². The van der Waals surface area contributed by atoms with Crippen molar-refractivity contribution < 1.29 is 9.59 Å². The number of nitrogens with zero attached hydrogens (tertiary/aromatic N) is 1. The molecule has 118 valence electrons. The second-order valence-corrected chi connectivity index (χ2v) is 6.34. The lowest BCUT2D eigenvalue weighted by Gasteiger charge is -2.39. The van der Waals surface area contributed by atoms with Crippen LogP contribution in [0.3, 0.4) is 0 Å². The van der Waals surface area contributed by atoms with E-state index in [9.17, 15) is 9.59 Å². The van der Waals surface area contributed by atoms with Crippen LogP contribution in [0, 0.1) is 5.92 Å². The van der Waals surface area contributed by atoms with Crippen molar-refractivity contribution in [3.63, 3.8) is 0 Å². The van der Waals surface area contributed by atoms with Crippen LogP contribution in [0.5, 0.6) is 0 Å². The monoisotopic (exact) mass is 301 g/mol. The maximum absolute atomic E-state index is 12.8. The zero-order valence-electron chi connectivity index (χ0n) is 13.0. The summed E-state index contributed by atoms with van der Waals surface area (Å²) in [7, 11) is 0. The van der Waals surface area contributed by atoms with E-state index < -0.39 is 0 Å². The van der Waals surface area contributed by atoms with E-state index in [2.05, 4.69) is 12.2 Å². The first-order valence-corrected chi connectivity index (χ1v) is 8.04. The maximum Gasteiger partial charge on any atom is 0.254 e. The van der Waals surface area contributed by atoms with Crippen LogP contribution >= 0.6 is 0 Å². The van der Waals surface area contributed by atoms with E-state index in [0.29, 0.717) is 30.9 Å². The highest BCUT2D eigenvalue weighted by Gasteiger charge is 2.31. The lowest BCUT2D eigenvalue weighted by molar-refractivity contribution is -0.116. The molecule has 1 aromatic rings. The summed E-state index contributed by atoms with van der Waals surface area (Å²) in [5.41, 5.74) is 8.45. The minimum absolute atomic E-state index is 0.0413. The van der Waals surface area contributed by atoms with Gasteiger partial charge in [-0.3, -0.25) is 9.59 Å². The topological polar surface area (TPSA) is 75.4 Å². The molecule has 3 N–H and O–H groups in total. The molecule has 5 heteroatoms. The van der Waals surface area contributed by atoms with Crippen LogP contribution in [-0.2, 0) is 11.2 Å². The van der Waals surface area contributed by atoms with E-state index in [1.807, 2.05) is 17.0 Å². The van der Waals surface area contributed by atoms with Gasteiger partial charge in [-0.05, 0) is 48.9 Å². The van der Waals surface area contributed by atoms with E-state index in [1.165, 1.54) is 0 Å². The minimum Gasteiger partial charge on any atom is -0.334 e. The smallest absolute Gasteiger partial charge is 0.254 e. The van der Waals surface area contributed by atoms with Gasteiger partial charge in [0.1, 0.15) is 0 Å². The predicted molar refractivity (Wildman–Crippen MR) is 85.7 cm³/mol. The predicted octanol–water partition coefficient (Wildman–Crippen LogP) is 1.77. The summed E-state index contributed by atoms with van der Waals surface area (Å²) in [6.07, 6.45) is 3.34. The number of benzene rings is 1. The molecular formula is C17H23N3O2. The number of hydrogen-bond acceptors (Lipinski definition) is 3. The van der Waals surface area contributed by atoms with Crippen molar-refractivity contribution >= 4 is 17.5 Å². The van der Waals surface area contributed by atoms with Gasteiger partial charge in [0.15, 0.2) is 0 Å². The number of piperidine rings is 1. The number of anilines is 1. The number of nitrogens with one attached hydrogen (secondary N) is 1. The Morgan fingerprint density at radius 2 is 2.23 bits per heavy atom. The van der Waals surface area contributed by atoms with Crippen molar-refractivity contribution in [3.8, 4) is 0 Å². The van der Waals surface area contributed by atoms with E-state index in [-0.39, 0.29) is 17.9 Å². The van der Waals surface area contributed by atoms with Gasteiger partial charge < -0.3 is 16.0 Å². The number of hydrogen-bond donors (Lipinski definition) is 2. The van der Waals surface area contributed by atoms with Gasteiger partial charge in [0.05, 0.1) is 0 Å². The molecule has 0 unspecified atom stereocenters. The van der Waals surface area contributed by atoms with Crippen LogP contribution in [0.25, 0.3) is 0 Å². The maximum atomic E-state index is 12.8. The van der Waals surface area contributed by atoms with Crippen molar-refractivity contribution in [3.05, 3.63) is 29.3 Å². The number of carbonyl (C=O) groups is 2. The zero-order valence-corrected chi connectivity index (χ0v) is 13.0. The molecule has 0 spiro atoms. The number of nitrogens with two attached hydrogens (primary N) is 1. The molecule has 5 nitrogen and oxygen atoms in total. The number of rotatable bonds is 2. The molecule has 22 heavy (non-hydrogen) atoms. The summed E-state index contributed by atoms with van der Waals surface area (Å²) in [6, 6.07) is 5.69. The first-order valence-electron chi connectivity index (χ1n) is 8.04. The number of aryl methyl sites for hydroxylation is 1. The molecule has 0 radical (unpaired) electrons. The summed E-state index contributed by atoms with van der Waals surface area (Å²) in [5.74, 6) is 0.543. The first kappa shape index (κ1) is 15.0. The van der Waals surface area contributed by atoms with Crippen LogP contribution in [0.15, 0.2) is 18.2 Å². The highest BCUT2D eigenvalue weighted by molar-refractivity contribution is 5.98. The second-order valence-electron chi connectivity index (χ2n) is 6.34. The molecule has 0 aliphatic carbocycles. The van der Waals surface area contributed by atoms with Crippen molar-refractivity contribution in [1.82, 2.24) is 4.90 Å². The SMILES string of the molecule is C[C@@H]1CCCN(C(=O)c2ccc3c(c2)CCC(=O)N3)[C@@H]1CN. The summed E-state index contributed by atoms with van der Waals surface area (Å²) in [5, 5.41) is 2.85. The Hall–Kier alpha value is -1.88. The summed E-state index contributed by atoms with van der Waals surface area (Å²) in [4.78, 5) is 26.2. The second kappa shape index (κ2) is 6.08. The Kier molecular flexibility index (Phi) is 4.16. The first-order chi connectivity index (χ1) is 10.6. The van der Waals surface area contributed by atoms with E-state index in [4.69, 9.17) is 5.73 Å². The van der Waals surface area contributed by atoms with Crippen LogP contribution < -0.4 is 11.1 Å². The van der Waals surface area contributed by atoms with Crippen molar-refractivity contribution in [1.29, 1.82) is 0 Å². The third-order valence-corrected chi connectivity index (χ3v) is 4.87. The van der Waals surface area contributed by atoms with E-state index in [0.717, 1.165) is 30.6 Å². The van der Waals surface area contributed by atoms with E-state index in [1.54, 1.807) is 6.07 Å².